The highest BCUT2D eigenvalue weighted by atomic mass is 32.2. The summed E-state index contributed by atoms with van der Waals surface area (Å²) in [7, 11) is -3.37. The minimum Gasteiger partial charge on any atom is -0.491 e. The Morgan fingerprint density at radius 1 is 1.05 bits per heavy atom. The Morgan fingerprint density at radius 3 is 2.38 bits per heavy atom. The fraction of sp³-hybridized carbons (Fsp3) is 0.375. The van der Waals surface area contributed by atoms with E-state index < -0.39 is 10.1 Å². The summed E-state index contributed by atoms with van der Waals surface area (Å²) >= 11 is 0. The van der Waals surface area contributed by atoms with Gasteiger partial charge in [-0.25, -0.2) is 0 Å². The second-order valence-electron chi connectivity index (χ2n) is 5.29. The molecule has 0 radical (unpaired) electrons. The number of hydrogen-bond acceptors (Lipinski definition) is 4. The number of rotatable bonds is 6. The number of ether oxygens (including phenoxy) is 1. The lowest BCUT2D eigenvalue weighted by molar-refractivity contribution is 0.243. The number of benzene rings is 2. The molecular formula is C16H20O4S. The highest BCUT2D eigenvalue weighted by Gasteiger charge is 2.04. The molecule has 0 aromatic heterocycles. The Labute approximate surface area is 125 Å². The van der Waals surface area contributed by atoms with Crippen molar-refractivity contribution in [2.45, 2.75) is 26.4 Å². The molecule has 21 heavy (non-hydrogen) atoms. The van der Waals surface area contributed by atoms with Crippen molar-refractivity contribution in [1.82, 2.24) is 0 Å². The van der Waals surface area contributed by atoms with Crippen LogP contribution in [0.5, 0.6) is 5.75 Å². The van der Waals surface area contributed by atoms with E-state index in [4.69, 9.17) is 8.92 Å². The fourth-order valence-electron chi connectivity index (χ4n) is 2.09. The third-order valence-corrected chi connectivity index (χ3v) is 3.53. The van der Waals surface area contributed by atoms with Crippen molar-refractivity contribution in [2.75, 3.05) is 12.9 Å². The van der Waals surface area contributed by atoms with Crippen LogP contribution in [0.25, 0.3) is 10.8 Å². The molecule has 0 heterocycles. The van der Waals surface area contributed by atoms with E-state index in [1.165, 1.54) is 0 Å². The molecule has 2 rings (SSSR count). The van der Waals surface area contributed by atoms with E-state index in [0.29, 0.717) is 6.42 Å². The van der Waals surface area contributed by atoms with Crippen LogP contribution < -0.4 is 4.74 Å². The maximum Gasteiger partial charge on any atom is 0.264 e. The summed E-state index contributed by atoms with van der Waals surface area (Å²) in [5.41, 5.74) is 1.05. The standard InChI is InChI=1S/C16H20O4S/c1-12(2)20-16-7-6-14-10-13(4-5-15(14)11-16)8-9-19-21(3,17)18/h4-7,10-12H,8-9H2,1-3H3. The van der Waals surface area contributed by atoms with Gasteiger partial charge in [-0.05, 0) is 48.7 Å². The molecule has 0 saturated carbocycles. The molecule has 2 aromatic rings. The van der Waals surface area contributed by atoms with Crippen LogP contribution >= 0.6 is 0 Å². The monoisotopic (exact) mass is 308 g/mol. The van der Waals surface area contributed by atoms with E-state index in [1.807, 2.05) is 50.2 Å². The summed E-state index contributed by atoms with van der Waals surface area (Å²) in [5, 5.41) is 2.20. The van der Waals surface area contributed by atoms with Crippen molar-refractivity contribution < 1.29 is 17.3 Å². The van der Waals surface area contributed by atoms with Gasteiger partial charge in [0.05, 0.1) is 19.0 Å². The molecule has 0 bridgehead atoms. The Kier molecular flexibility index (Phi) is 4.85. The molecule has 0 fully saturated rings. The second kappa shape index (κ2) is 6.45. The molecular weight excluding hydrogens is 288 g/mol. The van der Waals surface area contributed by atoms with Crippen LogP contribution in [0.15, 0.2) is 36.4 Å². The van der Waals surface area contributed by atoms with Crippen LogP contribution in [-0.2, 0) is 20.7 Å². The maximum absolute atomic E-state index is 10.9. The van der Waals surface area contributed by atoms with E-state index in [1.54, 1.807) is 0 Å². The van der Waals surface area contributed by atoms with E-state index in [2.05, 4.69) is 0 Å². The van der Waals surface area contributed by atoms with Gasteiger partial charge < -0.3 is 4.74 Å². The number of fused-ring (bicyclic) bond motifs is 1. The maximum atomic E-state index is 10.9. The molecule has 4 nitrogen and oxygen atoms in total. The van der Waals surface area contributed by atoms with Crippen LogP contribution in [0.3, 0.4) is 0 Å². The minimum atomic E-state index is -3.37. The normalized spacial score (nSPS) is 12.0. The molecule has 0 aliphatic carbocycles. The molecule has 0 aliphatic rings. The van der Waals surface area contributed by atoms with Gasteiger partial charge in [0.25, 0.3) is 10.1 Å². The van der Waals surface area contributed by atoms with Gasteiger partial charge in [-0.3, -0.25) is 4.18 Å². The first-order valence-electron chi connectivity index (χ1n) is 6.87. The average Bonchev–Trinajstić information content (AvgIpc) is 2.36. The molecule has 114 valence electrons. The summed E-state index contributed by atoms with van der Waals surface area (Å²) in [6.45, 7) is 4.16. The molecule has 5 heteroatoms. The molecule has 0 amide bonds. The molecule has 2 aromatic carbocycles. The third kappa shape index (κ3) is 5.02. The van der Waals surface area contributed by atoms with Crippen molar-refractivity contribution in [3.05, 3.63) is 42.0 Å². The van der Waals surface area contributed by atoms with E-state index in [0.717, 1.165) is 28.3 Å². The Hall–Kier alpha value is -1.59. The van der Waals surface area contributed by atoms with Crippen LogP contribution in [0.2, 0.25) is 0 Å². The summed E-state index contributed by atoms with van der Waals surface area (Å²) < 4.78 is 32.3. The van der Waals surface area contributed by atoms with Crippen molar-refractivity contribution in [3.8, 4) is 5.75 Å². The van der Waals surface area contributed by atoms with E-state index in [9.17, 15) is 8.42 Å². The largest absolute Gasteiger partial charge is 0.491 e. The lowest BCUT2D eigenvalue weighted by Gasteiger charge is -2.11. The summed E-state index contributed by atoms with van der Waals surface area (Å²) in [5.74, 6) is 0.852. The smallest absolute Gasteiger partial charge is 0.264 e. The zero-order chi connectivity index (χ0) is 15.5. The lowest BCUT2D eigenvalue weighted by Crippen LogP contribution is -2.06. The van der Waals surface area contributed by atoms with Crippen LogP contribution in [-0.4, -0.2) is 27.4 Å². The van der Waals surface area contributed by atoms with Gasteiger partial charge in [0.15, 0.2) is 0 Å². The van der Waals surface area contributed by atoms with Crippen LogP contribution in [0, 0.1) is 0 Å². The molecule has 0 unspecified atom stereocenters. The molecule has 0 N–H and O–H groups in total. The van der Waals surface area contributed by atoms with Gasteiger partial charge in [-0.1, -0.05) is 24.3 Å². The van der Waals surface area contributed by atoms with Gasteiger partial charge in [-0.15, -0.1) is 0 Å². The lowest BCUT2D eigenvalue weighted by atomic mass is 10.1. The van der Waals surface area contributed by atoms with E-state index >= 15 is 0 Å². The topological polar surface area (TPSA) is 52.6 Å². The Balaban J connectivity index is 2.11. The van der Waals surface area contributed by atoms with Gasteiger partial charge >= 0.3 is 0 Å². The first kappa shape index (κ1) is 15.8. The van der Waals surface area contributed by atoms with Crippen molar-refractivity contribution in [1.29, 1.82) is 0 Å². The molecule has 0 saturated heterocycles. The Bertz CT molecular complexity index is 720. The average molecular weight is 308 g/mol. The highest BCUT2D eigenvalue weighted by molar-refractivity contribution is 7.85. The van der Waals surface area contributed by atoms with Gasteiger partial charge in [0.2, 0.25) is 0 Å². The minimum absolute atomic E-state index is 0.148. The van der Waals surface area contributed by atoms with Crippen molar-refractivity contribution in [3.63, 3.8) is 0 Å². The van der Waals surface area contributed by atoms with Gasteiger partial charge in [0, 0.05) is 0 Å². The van der Waals surface area contributed by atoms with Gasteiger partial charge in [0.1, 0.15) is 5.75 Å². The number of hydrogen-bond donors (Lipinski definition) is 0. The SMILES string of the molecule is CC(C)Oc1ccc2cc(CCOS(C)(=O)=O)ccc2c1. The predicted octanol–water partition coefficient (Wildman–Crippen LogP) is 3.15. The fourth-order valence-corrected chi connectivity index (χ4v) is 2.47. The van der Waals surface area contributed by atoms with Crippen LogP contribution in [0.4, 0.5) is 0 Å². The zero-order valence-electron chi connectivity index (χ0n) is 12.5. The van der Waals surface area contributed by atoms with Crippen LogP contribution in [0.1, 0.15) is 19.4 Å². The predicted molar refractivity (Wildman–Crippen MR) is 84.2 cm³/mol. The highest BCUT2D eigenvalue weighted by Crippen LogP contribution is 2.23. The Morgan fingerprint density at radius 2 is 1.71 bits per heavy atom. The van der Waals surface area contributed by atoms with E-state index in [-0.39, 0.29) is 12.7 Å². The molecule has 0 aliphatic heterocycles. The van der Waals surface area contributed by atoms with Gasteiger partial charge in [-0.2, -0.15) is 8.42 Å². The molecule has 0 atom stereocenters. The van der Waals surface area contributed by atoms with Crippen molar-refractivity contribution in [2.24, 2.45) is 0 Å². The zero-order valence-corrected chi connectivity index (χ0v) is 13.3. The first-order valence-corrected chi connectivity index (χ1v) is 8.69. The summed E-state index contributed by atoms with van der Waals surface area (Å²) in [6, 6.07) is 12.0. The second-order valence-corrected chi connectivity index (χ2v) is 6.93. The molecule has 0 spiro atoms. The first-order chi connectivity index (χ1) is 9.83. The third-order valence-electron chi connectivity index (χ3n) is 2.94. The summed E-state index contributed by atoms with van der Waals surface area (Å²) in [6.07, 6.45) is 1.77. The van der Waals surface area contributed by atoms with Crippen molar-refractivity contribution >= 4 is 20.9 Å². The quantitative estimate of drug-likeness (QED) is 0.769. The summed E-state index contributed by atoms with van der Waals surface area (Å²) in [4.78, 5) is 0.